The van der Waals surface area contributed by atoms with Crippen molar-refractivity contribution in [2.45, 2.75) is 19.4 Å². The number of hydrogen-bond acceptors (Lipinski definition) is 2. The maximum absolute atomic E-state index is 13.7. The Labute approximate surface area is 139 Å². The van der Waals surface area contributed by atoms with E-state index in [2.05, 4.69) is 14.9 Å². The molecule has 1 aliphatic rings. The van der Waals surface area contributed by atoms with Gasteiger partial charge in [-0.1, -0.05) is 12.1 Å². The fraction of sp³-hybridized carbons (Fsp3) is 0.316. The highest BCUT2D eigenvalue weighted by molar-refractivity contribution is 5.80. The summed E-state index contributed by atoms with van der Waals surface area (Å²) in [6.45, 7) is 2.89. The summed E-state index contributed by atoms with van der Waals surface area (Å²) in [6, 6.07) is 11.9. The van der Waals surface area contributed by atoms with Crippen LogP contribution < -0.4 is 5.32 Å². The van der Waals surface area contributed by atoms with E-state index in [4.69, 9.17) is 0 Å². The first kappa shape index (κ1) is 15.3. The van der Waals surface area contributed by atoms with Gasteiger partial charge in [-0.2, -0.15) is 0 Å². The van der Waals surface area contributed by atoms with Gasteiger partial charge in [0.15, 0.2) is 11.6 Å². The Morgan fingerprint density at radius 2 is 1.83 bits per heavy atom. The van der Waals surface area contributed by atoms with Crippen molar-refractivity contribution in [1.82, 2.24) is 14.9 Å². The molecule has 2 heterocycles. The highest BCUT2D eigenvalue weighted by atomic mass is 19.2. The molecule has 0 spiro atoms. The quantitative estimate of drug-likeness (QED) is 0.788. The van der Waals surface area contributed by atoms with E-state index in [-0.39, 0.29) is 0 Å². The minimum absolute atomic E-state index is 0.563. The second kappa shape index (κ2) is 6.32. The topological polar surface area (TPSA) is 29.9 Å². The van der Waals surface area contributed by atoms with Gasteiger partial charge in [-0.15, -0.1) is 0 Å². The summed E-state index contributed by atoms with van der Waals surface area (Å²) in [4.78, 5) is 4.68. The molecule has 0 aliphatic carbocycles. The number of nitrogens with zero attached hydrogens (tertiary/aromatic N) is 2. The average molecular weight is 327 g/mol. The predicted octanol–water partition coefficient (Wildman–Crippen LogP) is 3.98. The van der Waals surface area contributed by atoms with E-state index in [0.29, 0.717) is 17.3 Å². The minimum atomic E-state index is -0.840. The Bertz CT molecular complexity index is 866. The lowest BCUT2D eigenvalue weighted by Gasteiger charge is -2.24. The zero-order valence-corrected chi connectivity index (χ0v) is 13.3. The van der Waals surface area contributed by atoms with E-state index in [0.717, 1.165) is 43.5 Å². The first-order chi connectivity index (χ1) is 11.7. The molecule has 1 saturated heterocycles. The van der Waals surface area contributed by atoms with Gasteiger partial charge in [0, 0.05) is 12.1 Å². The number of benzene rings is 2. The molecule has 0 unspecified atom stereocenters. The second-order valence-electron chi connectivity index (χ2n) is 6.36. The second-order valence-corrected chi connectivity index (χ2v) is 6.36. The fourth-order valence-electron chi connectivity index (χ4n) is 3.44. The smallest absolute Gasteiger partial charge is 0.159 e. The molecule has 0 amide bonds. The SMILES string of the molecule is Fc1ccc(-c2nc3ccccc3n2CC2CCNCC2)cc1F. The van der Waals surface area contributed by atoms with Gasteiger partial charge in [-0.25, -0.2) is 13.8 Å². The predicted molar refractivity (Wildman–Crippen MR) is 90.7 cm³/mol. The first-order valence-corrected chi connectivity index (χ1v) is 8.34. The van der Waals surface area contributed by atoms with Crippen molar-refractivity contribution < 1.29 is 8.78 Å². The summed E-state index contributed by atoms with van der Waals surface area (Å²) < 4.78 is 29.1. The third-order valence-corrected chi connectivity index (χ3v) is 4.73. The summed E-state index contributed by atoms with van der Waals surface area (Å²) in [5.74, 6) is -0.408. The van der Waals surface area contributed by atoms with Crippen LogP contribution in [0.15, 0.2) is 42.5 Å². The van der Waals surface area contributed by atoms with Crippen molar-refractivity contribution in [1.29, 1.82) is 0 Å². The lowest BCUT2D eigenvalue weighted by molar-refractivity contribution is 0.337. The van der Waals surface area contributed by atoms with Gasteiger partial charge in [0.25, 0.3) is 0 Å². The van der Waals surface area contributed by atoms with Crippen LogP contribution in [0.1, 0.15) is 12.8 Å². The molecule has 3 aromatic rings. The van der Waals surface area contributed by atoms with E-state index in [1.165, 1.54) is 12.1 Å². The highest BCUT2D eigenvalue weighted by Gasteiger charge is 2.19. The van der Waals surface area contributed by atoms with Gasteiger partial charge in [0.05, 0.1) is 11.0 Å². The van der Waals surface area contributed by atoms with Crippen molar-refractivity contribution in [3.63, 3.8) is 0 Å². The molecule has 0 saturated carbocycles. The molecule has 0 atom stereocenters. The van der Waals surface area contributed by atoms with Crippen molar-refractivity contribution in [2.75, 3.05) is 13.1 Å². The van der Waals surface area contributed by atoms with Crippen LogP contribution in [0.2, 0.25) is 0 Å². The standard InChI is InChI=1S/C19H19F2N3/c20-15-6-5-14(11-16(15)21)19-23-17-3-1-2-4-18(17)24(19)12-13-7-9-22-10-8-13/h1-6,11,13,22H,7-10,12H2. The number of rotatable bonds is 3. The van der Waals surface area contributed by atoms with Crippen LogP contribution in [0.25, 0.3) is 22.4 Å². The molecule has 1 fully saturated rings. The molecule has 0 bridgehead atoms. The summed E-state index contributed by atoms with van der Waals surface area (Å²) in [5, 5.41) is 3.38. The lowest BCUT2D eigenvalue weighted by Crippen LogP contribution is -2.30. The molecular weight excluding hydrogens is 308 g/mol. The van der Waals surface area contributed by atoms with Crippen molar-refractivity contribution in [2.24, 2.45) is 5.92 Å². The normalized spacial score (nSPS) is 15.9. The molecule has 3 nitrogen and oxygen atoms in total. The molecule has 1 N–H and O–H groups in total. The molecular formula is C19H19F2N3. The zero-order chi connectivity index (χ0) is 16.5. The van der Waals surface area contributed by atoms with Gasteiger partial charge in [0.1, 0.15) is 5.82 Å². The van der Waals surface area contributed by atoms with E-state index < -0.39 is 11.6 Å². The molecule has 4 rings (SSSR count). The fourth-order valence-corrected chi connectivity index (χ4v) is 3.44. The monoisotopic (exact) mass is 327 g/mol. The van der Waals surface area contributed by atoms with Gasteiger partial charge in [-0.05, 0) is 62.2 Å². The minimum Gasteiger partial charge on any atom is -0.324 e. The Hall–Kier alpha value is -2.27. The number of fused-ring (bicyclic) bond motifs is 1. The largest absolute Gasteiger partial charge is 0.324 e. The molecule has 2 aromatic carbocycles. The summed E-state index contributed by atoms with van der Waals surface area (Å²) in [7, 11) is 0. The van der Waals surface area contributed by atoms with Crippen LogP contribution >= 0.6 is 0 Å². The summed E-state index contributed by atoms with van der Waals surface area (Å²) in [5.41, 5.74) is 2.53. The Kier molecular flexibility index (Phi) is 4.02. The molecule has 1 aliphatic heterocycles. The van der Waals surface area contributed by atoms with Crippen LogP contribution in [0, 0.1) is 17.6 Å². The van der Waals surface area contributed by atoms with Gasteiger partial charge in [-0.3, -0.25) is 0 Å². The number of halogens is 2. The third-order valence-electron chi connectivity index (χ3n) is 4.73. The maximum Gasteiger partial charge on any atom is 0.159 e. The number of hydrogen-bond donors (Lipinski definition) is 1. The molecule has 124 valence electrons. The zero-order valence-electron chi connectivity index (χ0n) is 13.3. The van der Waals surface area contributed by atoms with E-state index in [9.17, 15) is 8.78 Å². The van der Waals surface area contributed by atoms with Crippen molar-refractivity contribution in [3.8, 4) is 11.4 Å². The van der Waals surface area contributed by atoms with Gasteiger partial charge in [0.2, 0.25) is 0 Å². The van der Waals surface area contributed by atoms with E-state index in [1.807, 2.05) is 24.3 Å². The molecule has 24 heavy (non-hydrogen) atoms. The lowest BCUT2D eigenvalue weighted by atomic mass is 9.98. The van der Waals surface area contributed by atoms with Gasteiger partial charge >= 0.3 is 0 Å². The summed E-state index contributed by atoms with van der Waals surface area (Å²) >= 11 is 0. The Morgan fingerprint density at radius 3 is 2.62 bits per heavy atom. The first-order valence-electron chi connectivity index (χ1n) is 8.34. The summed E-state index contributed by atoms with van der Waals surface area (Å²) in [6.07, 6.45) is 2.23. The Morgan fingerprint density at radius 1 is 1.04 bits per heavy atom. The van der Waals surface area contributed by atoms with Crippen LogP contribution in [0.5, 0.6) is 0 Å². The maximum atomic E-state index is 13.7. The third kappa shape index (κ3) is 2.80. The molecule has 0 radical (unpaired) electrons. The van der Waals surface area contributed by atoms with Crippen LogP contribution in [-0.4, -0.2) is 22.6 Å². The molecule has 5 heteroatoms. The van der Waals surface area contributed by atoms with E-state index in [1.54, 1.807) is 6.07 Å². The average Bonchev–Trinajstić information content (AvgIpc) is 2.97. The van der Waals surface area contributed by atoms with Gasteiger partial charge < -0.3 is 9.88 Å². The molecule has 1 aromatic heterocycles. The number of imidazole rings is 1. The highest BCUT2D eigenvalue weighted by Crippen LogP contribution is 2.28. The number of piperidine rings is 1. The number of aromatic nitrogens is 2. The number of nitrogens with one attached hydrogen (secondary N) is 1. The van der Waals surface area contributed by atoms with Crippen molar-refractivity contribution >= 4 is 11.0 Å². The van der Waals surface area contributed by atoms with Crippen LogP contribution in [0.4, 0.5) is 8.78 Å². The van der Waals surface area contributed by atoms with Crippen molar-refractivity contribution in [3.05, 3.63) is 54.1 Å². The van der Waals surface area contributed by atoms with E-state index >= 15 is 0 Å². The van der Waals surface area contributed by atoms with Crippen LogP contribution in [0.3, 0.4) is 0 Å². The Balaban J connectivity index is 1.81. The van der Waals surface area contributed by atoms with Crippen LogP contribution in [-0.2, 0) is 6.54 Å². The number of para-hydroxylation sites is 2.